The lowest BCUT2D eigenvalue weighted by molar-refractivity contribution is 0.0947. The van der Waals surface area contributed by atoms with E-state index in [0.29, 0.717) is 30.0 Å². The highest BCUT2D eigenvalue weighted by Gasteiger charge is 2.09. The zero-order valence-electron chi connectivity index (χ0n) is 15.2. The van der Waals surface area contributed by atoms with Crippen molar-refractivity contribution in [3.63, 3.8) is 0 Å². The fraction of sp³-hybridized carbons (Fsp3) is 0.316. The van der Waals surface area contributed by atoms with E-state index in [1.807, 2.05) is 24.3 Å². The van der Waals surface area contributed by atoms with E-state index < -0.39 is 10.0 Å². The van der Waals surface area contributed by atoms with E-state index in [1.165, 1.54) is 5.56 Å². The molecule has 1 amide bonds. The van der Waals surface area contributed by atoms with Gasteiger partial charge in [-0.1, -0.05) is 19.1 Å². The van der Waals surface area contributed by atoms with Gasteiger partial charge in [-0.2, -0.15) is 0 Å². The second-order valence-corrected chi connectivity index (χ2v) is 7.75. The summed E-state index contributed by atoms with van der Waals surface area (Å²) in [4.78, 5) is 12.2. The largest absolute Gasteiger partial charge is 0.492 e. The number of rotatable bonds is 8. The highest BCUT2D eigenvalue weighted by molar-refractivity contribution is 7.92. The van der Waals surface area contributed by atoms with Crippen molar-refractivity contribution in [2.75, 3.05) is 24.1 Å². The van der Waals surface area contributed by atoms with Gasteiger partial charge in [0.05, 0.1) is 18.5 Å². The summed E-state index contributed by atoms with van der Waals surface area (Å²) in [5.74, 6) is 0.535. The Morgan fingerprint density at radius 2 is 1.81 bits per heavy atom. The van der Waals surface area contributed by atoms with Gasteiger partial charge in [0.15, 0.2) is 0 Å². The van der Waals surface area contributed by atoms with Crippen molar-refractivity contribution < 1.29 is 17.9 Å². The predicted octanol–water partition coefficient (Wildman–Crippen LogP) is 2.74. The summed E-state index contributed by atoms with van der Waals surface area (Å²) in [6, 6.07) is 12.7. The molecule has 0 unspecified atom stereocenters. The molecule has 0 radical (unpaired) electrons. The van der Waals surface area contributed by atoms with Crippen LogP contribution in [0.4, 0.5) is 5.69 Å². The molecule has 0 fully saturated rings. The van der Waals surface area contributed by atoms with Crippen molar-refractivity contribution in [3.05, 3.63) is 59.2 Å². The Morgan fingerprint density at radius 3 is 2.38 bits per heavy atom. The van der Waals surface area contributed by atoms with Crippen LogP contribution in [0, 0.1) is 6.92 Å². The van der Waals surface area contributed by atoms with Gasteiger partial charge in [0, 0.05) is 5.56 Å². The highest BCUT2D eigenvalue weighted by atomic mass is 32.2. The number of sulfonamides is 1. The number of hydrogen-bond acceptors (Lipinski definition) is 4. The Balaban J connectivity index is 1.84. The topological polar surface area (TPSA) is 84.5 Å². The molecule has 0 aliphatic rings. The average molecular weight is 376 g/mol. The maximum Gasteiger partial charge on any atom is 0.251 e. The Labute approximate surface area is 154 Å². The maximum atomic E-state index is 12.2. The molecule has 6 nitrogen and oxygen atoms in total. The molecule has 2 N–H and O–H groups in total. The van der Waals surface area contributed by atoms with Crippen molar-refractivity contribution in [3.8, 4) is 5.75 Å². The molecule has 0 spiro atoms. The fourth-order valence-electron chi connectivity index (χ4n) is 2.38. The standard InChI is InChI=1S/C19H24N2O4S/c1-4-15-5-8-17(9-6-15)25-12-11-20-19(22)16-7-10-18(14(2)13-16)21-26(3,23)24/h5-10,13,21H,4,11-12H2,1-3H3,(H,20,22). The fourth-order valence-corrected chi connectivity index (χ4v) is 3.00. The van der Waals surface area contributed by atoms with E-state index in [2.05, 4.69) is 17.0 Å². The SMILES string of the molecule is CCc1ccc(OCCNC(=O)c2ccc(NS(C)(=O)=O)c(C)c2)cc1. The molecule has 0 aliphatic heterocycles. The lowest BCUT2D eigenvalue weighted by Crippen LogP contribution is -2.28. The van der Waals surface area contributed by atoms with Crippen molar-refractivity contribution >= 4 is 21.6 Å². The molecule has 0 heterocycles. The molecule has 2 aromatic carbocycles. The predicted molar refractivity (Wildman–Crippen MR) is 103 cm³/mol. The monoisotopic (exact) mass is 376 g/mol. The third-order valence-electron chi connectivity index (χ3n) is 3.77. The van der Waals surface area contributed by atoms with Gasteiger partial charge in [0.2, 0.25) is 10.0 Å². The summed E-state index contributed by atoms with van der Waals surface area (Å²) < 4.78 is 30.6. The van der Waals surface area contributed by atoms with Crippen molar-refractivity contribution in [2.24, 2.45) is 0 Å². The summed E-state index contributed by atoms with van der Waals surface area (Å²) in [6.45, 7) is 4.57. The van der Waals surface area contributed by atoms with Gasteiger partial charge in [0.25, 0.3) is 5.91 Å². The molecule has 7 heteroatoms. The number of amides is 1. The summed E-state index contributed by atoms with van der Waals surface area (Å²) in [7, 11) is -3.35. The first kappa shape index (κ1) is 19.8. The summed E-state index contributed by atoms with van der Waals surface area (Å²) >= 11 is 0. The van der Waals surface area contributed by atoms with Crippen LogP contribution in [0.25, 0.3) is 0 Å². The Hall–Kier alpha value is -2.54. The van der Waals surface area contributed by atoms with E-state index in [-0.39, 0.29) is 5.91 Å². The first-order chi connectivity index (χ1) is 12.3. The minimum Gasteiger partial charge on any atom is -0.492 e. The van der Waals surface area contributed by atoms with Crippen LogP contribution < -0.4 is 14.8 Å². The lowest BCUT2D eigenvalue weighted by atomic mass is 10.1. The minimum absolute atomic E-state index is 0.232. The molecule has 0 bridgehead atoms. The second kappa shape index (κ2) is 8.71. The second-order valence-electron chi connectivity index (χ2n) is 6.01. The number of benzene rings is 2. The molecule has 0 saturated heterocycles. The first-order valence-corrected chi connectivity index (χ1v) is 10.3. The van der Waals surface area contributed by atoms with Gasteiger partial charge < -0.3 is 10.1 Å². The van der Waals surface area contributed by atoms with Crippen LogP contribution in [0.2, 0.25) is 0 Å². The molecule has 0 saturated carbocycles. The third-order valence-corrected chi connectivity index (χ3v) is 4.36. The molecule has 140 valence electrons. The van der Waals surface area contributed by atoms with E-state index in [1.54, 1.807) is 25.1 Å². The smallest absolute Gasteiger partial charge is 0.251 e. The molecular formula is C19H24N2O4S. The summed E-state index contributed by atoms with van der Waals surface area (Å²) in [6.07, 6.45) is 2.07. The molecule has 0 aliphatic carbocycles. The number of carbonyl (C=O) groups is 1. The first-order valence-electron chi connectivity index (χ1n) is 8.37. The normalized spacial score (nSPS) is 11.0. The van der Waals surface area contributed by atoms with E-state index in [0.717, 1.165) is 18.4 Å². The third kappa shape index (κ3) is 6.07. The maximum absolute atomic E-state index is 12.2. The van der Waals surface area contributed by atoms with Gasteiger partial charge >= 0.3 is 0 Å². The molecule has 2 aromatic rings. The lowest BCUT2D eigenvalue weighted by Gasteiger charge is -2.11. The van der Waals surface area contributed by atoms with Crippen molar-refractivity contribution in [1.82, 2.24) is 5.32 Å². The Bertz CT molecular complexity index is 862. The Kier molecular flexibility index (Phi) is 6.63. The Morgan fingerprint density at radius 1 is 1.12 bits per heavy atom. The number of hydrogen-bond donors (Lipinski definition) is 2. The number of ether oxygens (including phenoxy) is 1. The summed E-state index contributed by atoms with van der Waals surface area (Å²) in [5.41, 5.74) is 2.85. The number of nitrogens with one attached hydrogen (secondary N) is 2. The molecule has 26 heavy (non-hydrogen) atoms. The molecule has 0 atom stereocenters. The highest BCUT2D eigenvalue weighted by Crippen LogP contribution is 2.17. The zero-order valence-corrected chi connectivity index (χ0v) is 16.0. The van der Waals surface area contributed by atoms with Crippen LogP contribution in [0.1, 0.15) is 28.4 Å². The van der Waals surface area contributed by atoms with Gasteiger partial charge in [-0.15, -0.1) is 0 Å². The molecular weight excluding hydrogens is 352 g/mol. The van der Waals surface area contributed by atoms with Crippen LogP contribution in [0.3, 0.4) is 0 Å². The molecule has 2 rings (SSSR count). The van der Waals surface area contributed by atoms with Crippen LogP contribution in [0.15, 0.2) is 42.5 Å². The van der Waals surface area contributed by atoms with E-state index in [9.17, 15) is 13.2 Å². The van der Waals surface area contributed by atoms with Crippen molar-refractivity contribution in [2.45, 2.75) is 20.3 Å². The van der Waals surface area contributed by atoms with Crippen LogP contribution in [0.5, 0.6) is 5.75 Å². The number of anilines is 1. The number of carbonyl (C=O) groups excluding carboxylic acids is 1. The average Bonchev–Trinajstić information content (AvgIpc) is 2.59. The molecule has 0 aromatic heterocycles. The van der Waals surface area contributed by atoms with Crippen LogP contribution in [-0.4, -0.2) is 33.7 Å². The van der Waals surface area contributed by atoms with Gasteiger partial charge in [-0.25, -0.2) is 8.42 Å². The van der Waals surface area contributed by atoms with Crippen molar-refractivity contribution in [1.29, 1.82) is 0 Å². The van der Waals surface area contributed by atoms with Gasteiger partial charge in [-0.05, 0) is 54.8 Å². The summed E-state index contributed by atoms with van der Waals surface area (Å²) in [5, 5.41) is 2.78. The van der Waals surface area contributed by atoms with Crippen LogP contribution in [-0.2, 0) is 16.4 Å². The van der Waals surface area contributed by atoms with E-state index in [4.69, 9.17) is 4.74 Å². The van der Waals surface area contributed by atoms with Crippen LogP contribution >= 0.6 is 0 Å². The zero-order chi connectivity index (χ0) is 19.2. The van der Waals surface area contributed by atoms with Gasteiger partial charge in [0.1, 0.15) is 12.4 Å². The van der Waals surface area contributed by atoms with Gasteiger partial charge in [-0.3, -0.25) is 9.52 Å². The van der Waals surface area contributed by atoms with E-state index >= 15 is 0 Å². The number of aryl methyl sites for hydroxylation is 2. The minimum atomic E-state index is -3.35. The quantitative estimate of drug-likeness (QED) is 0.694.